The predicted molar refractivity (Wildman–Crippen MR) is 133 cm³/mol. The minimum atomic E-state index is -0.368. The van der Waals surface area contributed by atoms with Crippen molar-refractivity contribution < 1.29 is 28.5 Å². The highest BCUT2D eigenvalue weighted by Gasteiger charge is 2.10. The van der Waals surface area contributed by atoms with Gasteiger partial charge in [-0.15, -0.1) is 0 Å². The van der Waals surface area contributed by atoms with Gasteiger partial charge in [0.15, 0.2) is 18.1 Å². The third-order valence-corrected chi connectivity index (χ3v) is 4.71. The Morgan fingerprint density at radius 3 is 2.37 bits per heavy atom. The molecule has 0 spiro atoms. The molecule has 3 aromatic rings. The van der Waals surface area contributed by atoms with Crippen LogP contribution in [0.5, 0.6) is 23.0 Å². The molecule has 9 nitrogen and oxygen atoms in total. The van der Waals surface area contributed by atoms with Crippen molar-refractivity contribution in [3.63, 3.8) is 0 Å². The number of hydrazone groups is 1. The summed E-state index contributed by atoms with van der Waals surface area (Å²) >= 11 is 0. The maximum atomic E-state index is 12.3. The topological polar surface area (TPSA) is 107 Å². The number of ether oxygens (including phenoxy) is 4. The molecule has 9 heteroatoms. The highest BCUT2D eigenvalue weighted by atomic mass is 16.5. The molecule has 2 N–H and O–H groups in total. The Morgan fingerprint density at radius 1 is 0.886 bits per heavy atom. The molecular weight excluding hydrogens is 450 g/mol. The van der Waals surface area contributed by atoms with Crippen molar-refractivity contribution in [2.24, 2.45) is 5.10 Å². The first-order valence-corrected chi connectivity index (χ1v) is 10.8. The predicted octanol–water partition coefficient (Wildman–Crippen LogP) is 3.88. The molecule has 0 radical (unpaired) electrons. The minimum absolute atomic E-state index is 0.198. The van der Waals surface area contributed by atoms with Crippen LogP contribution in [-0.4, -0.2) is 45.5 Å². The highest BCUT2D eigenvalue weighted by molar-refractivity contribution is 5.95. The molecule has 3 rings (SSSR count). The second-order valence-electron chi connectivity index (χ2n) is 7.14. The highest BCUT2D eigenvalue weighted by Crippen LogP contribution is 2.28. The fraction of sp³-hybridized carbons (Fsp3) is 0.192. The van der Waals surface area contributed by atoms with E-state index in [1.54, 1.807) is 73.8 Å². The summed E-state index contributed by atoms with van der Waals surface area (Å²) in [5.74, 6) is 1.46. The molecular formula is C26H27N3O6. The number of hydrogen-bond donors (Lipinski definition) is 2. The van der Waals surface area contributed by atoms with Crippen molar-refractivity contribution in [3.8, 4) is 23.0 Å². The van der Waals surface area contributed by atoms with Crippen molar-refractivity contribution in [3.05, 3.63) is 77.9 Å². The summed E-state index contributed by atoms with van der Waals surface area (Å²) < 4.78 is 21.5. The van der Waals surface area contributed by atoms with Crippen LogP contribution in [0.15, 0.2) is 71.8 Å². The van der Waals surface area contributed by atoms with E-state index >= 15 is 0 Å². The van der Waals surface area contributed by atoms with E-state index in [-0.39, 0.29) is 18.4 Å². The summed E-state index contributed by atoms with van der Waals surface area (Å²) in [6, 6.07) is 18.9. The van der Waals surface area contributed by atoms with Crippen LogP contribution in [0.1, 0.15) is 22.8 Å². The lowest BCUT2D eigenvalue weighted by atomic mass is 10.2. The molecule has 182 valence electrons. The number of nitrogens with one attached hydrogen (secondary N) is 2. The Kier molecular flexibility index (Phi) is 9.07. The van der Waals surface area contributed by atoms with Crippen molar-refractivity contribution in [2.75, 3.05) is 32.8 Å². The maximum Gasteiger partial charge on any atom is 0.271 e. The average molecular weight is 478 g/mol. The lowest BCUT2D eigenvalue weighted by Crippen LogP contribution is -2.20. The zero-order valence-corrected chi connectivity index (χ0v) is 19.7. The van der Waals surface area contributed by atoms with Gasteiger partial charge < -0.3 is 24.3 Å². The first-order chi connectivity index (χ1) is 17.0. The Labute approximate surface area is 203 Å². The molecule has 0 saturated carbocycles. The molecule has 0 heterocycles. The van der Waals surface area contributed by atoms with Crippen molar-refractivity contribution in [2.45, 2.75) is 6.92 Å². The van der Waals surface area contributed by atoms with Gasteiger partial charge in [-0.05, 0) is 73.2 Å². The molecule has 0 aliphatic heterocycles. The van der Waals surface area contributed by atoms with E-state index in [9.17, 15) is 9.59 Å². The van der Waals surface area contributed by atoms with E-state index in [4.69, 9.17) is 18.9 Å². The Hall–Kier alpha value is -4.53. The summed E-state index contributed by atoms with van der Waals surface area (Å²) in [7, 11) is 3.11. The largest absolute Gasteiger partial charge is 0.497 e. The molecule has 2 amide bonds. The monoisotopic (exact) mass is 477 g/mol. The standard InChI is InChI=1S/C26H27N3O6/c1-4-34-24-14-18(16-27-29-26(31)19-6-5-7-22(15-19)33-3)8-13-23(24)35-17-25(30)28-20-9-11-21(32-2)12-10-20/h5-16H,4,17H2,1-3H3,(H,28,30)(H,29,31)/b27-16+. The molecule has 0 bridgehead atoms. The molecule has 3 aromatic carbocycles. The number of benzene rings is 3. The number of hydrogen-bond acceptors (Lipinski definition) is 7. The second-order valence-corrected chi connectivity index (χ2v) is 7.14. The fourth-order valence-electron chi connectivity index (χ4n) is 3.00. The summed E-state index contributed by atoms with van der Waals surface area (Å²) in [6.45, 7) is 2.05. The van der Waals surface area contributed by atoms with Crippen LogP contribution in [0.4, 0.5) is 5.69 Å². The number of nitrogens with zero attached hydrogens (tertiary/aromatic N) is 1. The van der Waals surface area contributed by atoms with E-state index in [1.165, 1.54) is 13.3 Å². The molecule has 0 aliphatic rings. The number of amides is 2. The Morgan fingerprint density at radius 2 is 1.66 bits per heavy atom. The number of carbonyl (C=O) groups is 2. The number of rotatable bonds is 11. The quantitative estimate of drug-likeness (QED) is 0.321. The minimum Gasteiger partial charge on any atom is -0.497 e. The van der Waals surface area contributed by atoms with Gasteiger partial charge in [-0.25, -0.2) is 5.43 Å². The van der Waals surface area contributed by atoms with Gasteiger partial charge in [-0.2, -0.15) is 5.10 Å². The SMILES string of the molecule is CCOc1cc(/C=N/NC(=O)c2cccc(OC)c2)ccc1OCC(=O)Nc1ccc(OC)cc1. The van der Waals surface area contributed by atoms with Crippen LogP contribution in [0.2, 0.25) is 0 Å². The second kappa shape index (κ2) is 12.6. The first kappa shape index (κ1) is 25.1. The third-order valence-electron chi connectivity index (χ3n) is 4.71. The molecule has 0 atom stereocenters. The molecule has 0 saturated heterocycles. The van der Waals surface area contributed by atoms with E-state index < -0.39 is 0 Å². The summed E-state index contributed by atoms with van der Waals surface area (Å²) in [6.07, 6.45) is 1.49. The number of methoxy groups -OCH3 is 2. The zero-order valence-electron chi connectivity index (χ0n) is 19.7. The Balaban J connectivity index is 1.58. The molecule has 0 aliphatic carbocycles. The van der Waals surface area contributed by atoms with Gasteiger partial charge >= 0.3 is 0 Å². The van der Waals surface area contributed by atoms with Crippen LogP contribution < -0.4 is 29.7 Å². The smallest absolute Gasteiger partial charge is 0.271 e. The summed E-state index contributed by atoms with van der Waals surface area (Å²) in [5, 5.41) is 6.76. The maximum absolute atomic E-state index is 12.3. The van der Waals surface area contributed by atoms with Gasteiger partial charge in [-0.1, -0.05) is 6.07 Å². The van der Waals surface area contributed by atoms with Gasteiger partial charge in [0.25, 0.3) is 11.8 Å². The van der Waals surface area contributed by atoms with Crippen LogP contribution in [0, 0.1) is 0 Å². The van der Waals surface area contributed by atoms with Crippen LogP contribution in [0.3, 0.4) is 0 Å². The average Bonchev–Trinajstić information content (AvgIpc) is 2.88. The molecule has 35 heavy (non-hydrogen) atoms. The van der Waals surface area contributed by atoms with Gasteiger partial charge in [0, 0.05) is 11.3 Å². The van der Waals surface area contributed by atoms with Gasteiger partial charge in [-0.3, -0.25) is 9.59 Å². The lowest BCUT2D eigenvalue weighted by molar-refractivity contribution is -0.118. The Bertz CT molecular complexity index is 1180. The van der Waals surface area contributed by atoms with Gasteiger partial charge in [0.05, 0.1) is 27.0 Å². The summed E-state index contributed by atoms with van der Waals surface area (Å²) in [5.41, 5.74) is 4.21. The zero-order chi connectivity index (χ0) is 25.0. The van der Waals surface area contributed by atoms with Crippen molar-refractivity contribution in [1.82, 2.24) is 5.43 Å². The van der Waals surface area contributed by atoms with Gasteiger partial charge in [0.1, 0.15) is 11.5 Å². The van der Waals surface area contributed by atoms with Crippen LogP contribution >= 0.6 is 0 Å². The van der Waals surface area contributed by atoms with Crippen LogP contribution in [0.25, 0.3) is 0 Å². The molecule has 0 fully saturated rings. The normalized spacial score (nSPS) is 10.5. The van der Waals surface area contributed by atoms with Crippen molar-refractivity contribution >= 4 is 23.7 Å². The van der Waals surface area contributed by atoms with E-state index in [1.807, 2.05) is 6.92 Å². The van der Waals surface area contributed by atoms with Gasteiger partial charge in [0.2, 0.25) is 0 Å². The summed E-state index contributed by atoms with van der Waals surface area (Å²) in [4.78, 5) is 24.5. The van der Waals surface area contributed by atoms with E-state index in [0.717, 1.165) is 0 Å². The van der Waals surface area contributed by atoms with E-state index in [2.05, 4.69) is 15.8 Å². The number of carbonyl (C=O) groups excluding carboxylic acids is 2. The fourth-order valence-corrected chi connectivity index (χ4v) is 3.00. The number of anilines is 1. The molecule has 0 aromatic heterocycles. The van der Waals surface area contributed by atoms with Crippen LogP contribution in [-0.2, 0) is 4.79 Å². The van der Waals surface area contributed by atoms with Crippen molar-refractivity contribution in [1.29, 1.82) is 0 Å². The first-order valence-electron chi connectivity index (χ1n) is 10.8. The van der Waals surface area contributed by atoms with E-state index in [0.29, 0.717) is 46.4 Å². The molecule has 0 unspecified atom stereocenters. The lowest BCUT2D eigenvalue weighted by Gasteiger charge is -2.13. The third kappa shape index (κ3) is 7.50.